The summed E-state index contributed by atoms with van der Waals surface area (Å²) >= 11 is 0. The molecule has 2 aromatic rings. The van der Waals surface area contributed by atoms with Crippen LogP contribution in [0.15, 0.2) is 35.6 Å². The molecule has 7 heteroatoms. The fourth-order valence-corrected chi connectivity index (χ4v) is 5.28. The molecule has 0 saturated heterocycles. The molecule has 0 N–H and O–H groups in total. The minimum absolute atomic E-state index is 0.0469. The zero-order valence-corrected chi connectivity index (χ0v) is 18.7. The molecule has 1 heterocycles. The summed E-state index contributed by atoms with van der Waals surface area (Å²) in [6.45, 7) is 10.2. The van der Waals surface area contributed by atoms with Gasteiger partial charge in [-0.3, -0.25) is 4.79 Å². The number of imidazole rings is 1. The van der Waals surface area contributed by atoms with E-state index >= 15 is 0 Å². The third kappa shape index (κ3) is 4.71. The lowest BCUT2D eigenvalue weighted by atomic mass is 10.1. The van der Waals surface area contributed by atoms with Crippen molar-refractivity contribution in [2.75, 3.05) is 0 Å². The van der Waals surface area contributed by atoms with Gasteiger partial charge in [-0.15, -0.1) is 0 Å². The largest absolute Gasteiger partial charge is 0.334 e. The molecule has 29 heavy (non-hydrogen) atoms. The van der Waals surface area contributed by atoms with Crippen LogP contribution in [0, 0.1) is 12.8 Å². The number of sulfone groups is 1. The van der Waals surface area contributed by atoms with Gasteiger partial charge in [0.1, 0.15) is 0 Å². The first-order valence-electron chi connectivity index (χ1n) is 10.3. The zero-order chi connectivity index (χ0) is 21.3. The summed E-state index contributed by atoms with van der Waals surface area (Å²) in [6.07, 6.45) is 3.50. The highest BCUT2D eigenvalue weighted by atomic mass is 32.2. The van der Waals surface area contributed by atoms with E-state index in [0.29, 0.717) is 6.54 Å². The normalized spacial score (nSPS) is 14.6. The highest BCUT2D eigenvalue weighted by molar-refractivity contribution is 7.90. The first-order chi connectivity index (χ1) is 13.6. The molecule has 158 valence electrons. The van der Waals surface area contributed by atoms with Crippen LogP contribution in [-0.4, -0.2) is 34.8 Å². The predicted molar refractivity (Wildman–Crippen MR) is 113 cm³/mol. The molecule has 1 aliphatic carbocycles. The van der Waals surface area contributed by atoms with Crippen LogP contribution in [0.5, 0.6) is 0 Å². The van der Waals surface area contributed by atoms with E-state index in [1.165, 1.54) is 0 Å². The molecule has 6 nitrogen and oxygen atoms in total. The number of hydrogen-bond donors (Lipinski definition) is 0. The Morgan fingerprint density at radius 3 is 2.41 bits per heavy atom. The number of carbonyl (C=O) groups excluding carboxylic acids is 1. The molecule has 0 bridgehead atoms. The van der Waals surface area contributed by atoms with Crippen LogP contribution < -0.4 is 0 Å². The lowest BCUT2D eigenvalue weighted by Crippen LogP contribution is -2.38. The van der Waals surface area contributed by atoms with Gasteiger partial charge < -0.3 is 9.47 Å². The summed E-state index contributed by atoms with van der Waals surface area (Å²) in [6, 6.07) is 7.46. The number of carbonyl (C=O) groups is 1. The molecule has 0 atom stereocenters. The molecule has 1 saturated carbocycles. The minimum atomic E-state index is -3.62. The minimum Gasteiger partial charge on any atom is -0.334 e. The van der Waals surface area contributed by atoms with Crippen molar-refractivity contribution in [1.82, 2.24) is 14.5 Å². The summed E-state index contributed by atoms with van der Waals surface area (Å²) in [7, 11) is -3.62. The number of aryl methyl sites for hydroxylation is 1. The van der Waals surface area contributed by atoms with Gasteiger partial charge in [-0.25, -0.2) is 13.4 Å². The van der Waals surface area contributed by atoms with E-state index in [1.54, 1.807) is 10.8 Å². The SMILES string of the molecule is Cc1ccccc1CS(=O)(=O)c1ncc(CN(C(=O)C2CC2)C(C)C)n1C(C)C. The standard InChI is InChI=1S/C22H31N3O3S/c1-15(2)24(21(26)18-10-11-18)13-20-12-23-22(25(20)16(3)4)29(27,28)14-19-9-7-6-8-17(19)5/h6-9,12,15-16,18H,10-11,13-14H2,1-5H3. The Morgan fingerprint density at radius 1 is 1.21 bits per heavy atom. The second kappa shape index (κ2) is 8.30. The van der Waals surface area contributed by atoms with Gasteiger partial charge in [-0.1, -0.05) is 24.3 Å². The Labute approximate surface area is 173 Å². The van der Waals surface area contributed by atoms with Gasteiger partial charge >= 0.3 is 0 Å². The Hall–Kier alpha value is -2.15. The van der Waals surface area contributed by atoms with E-state index in [4.69, 9.17) is 0 Å². The van der Waals surface area contributed by atoms with Gasteiger partial charge in [0.05, 0.1) is 24.2 Å². The van der Waals surface area contributed by atoms with Crippen molar-refractivity contribution in [2.45, 2.75) is 77.0 Å². The highest BCUT2D eigenvalue weighted by Crippen LogP contribution is 2.32. The van der Waals surface area contributed by atoms with Crippen LogP contribution in [0.2, 0.25) is 0 Å². The van der Waals surface area contributed by atoms with Crippen LogP contribution >= 0.6 is 0 Å². The second-order valence-corrected chi connectivity index (χ2v) is 10.4. The molecule has 0 aliphatic heterocycles. The summed E-state index contributed by atoms with van der Waals surface area (Å²) in [5, 5.41) is 0.0772. The van der Waals surface area contributed by atoms with Crippen molar-refractivity contribution in [1.29, 1.82) is 0 Å². The number of nitrogens with zero attached hydrogens (tertiary/aromatic N) is 3. The Balaban J connectivity index is 1.94. The first kappa shape index (κ1) is 21.6. The van der Waals surface area contributed by atoms with Crippen molar-refractivity contribution >= 4 is 15.7 Å². The maximum absolute atomic E-state index is 13.2. The van der Waals surface area contributed by atoms with Crippen LogP contribution in [0.4, 0.5) is 0 Å². The molecule has 1 fully saturated rings. The van der Waals surface area contributed by atoms with Gasteiger partial charge in [0.15, 0.2) is 0 Å². The molecule has 3 rings (SSSR count). The number of amides is 1. The number of hydrogen-bond acceptors (Lipinski definition) is 4. The number of rotatable bonds is 8. The van der Waals surface area contributed by atoms with Gasteiger partial charge in [-0.2, -0.15) is 0 Å². The Morgan fingerprint density at radius 2 is 1.86 bits per heavy atom. The third-order valence-corrected chi connectivity index (χ3v) is 6.96. The van der Waals surface area contributed by atoms with Crippen LogP contribution in [-0.2, 0) is 26.9 Å². The molecular weight excluding hydrogens is 386 g/mol. The van der Waals surface area contributed by atoms with E-state index < -0.39 is 9.84 Å². The van der Waals surface area contributed by atoms with E-state index in [1.807, 2.05) is 63.8 Å². The fourth-order valence-electron chi connectivity index (χ4n) is 3.57. The Bertz CT molecular complexity index is 988. The average molecular weight is 418 g/mol. The van der Waals surface area contributed by atoms with E-state index in [0.717, 1.165) is 29.7 Å². The van der Waals surface area contributed by atoms with Gasteiger partial charge in [0.2, 0.25) is 20.9 Å². The second-order valence-electron chi connectivity index (χ2n) is 8.52. The van der Waals surface area contributed by atoms with Crippen LogP contribution in [0.25, 0.3) is 0 Å². The van der Waals surface area contributed by atoms with Crippen molar-refractivity contribution < 1.29 is 13.2 Å². The van der Waals surface area contributed by atoms with E-state index in [9.17, 15) is 13.2 Å². The topological polar surface area (TPSA) is 72.3 Å². The lowest BCUT2D eigenvalue weighted by Gasteiger charge is -2.28. The molecule has 1 aromatic heterocycles. The number of benzene rings is 1. The van der Waals surface area contributed by atoms with Crippen molar-refractivity contribution in [3.63, 3.8) is 0 Å². The highest BCUT2D eigenvalue weighted by Gasteiger charge is 2.35. The molecule has 0 radical (unpaired) electrons. The molecule has 1 aliphatic rings. The summed E-state index contributed by atoms with van der Waals surface area (Å²) in [4.78, 5) is 18.8. The maximum atomic E-state index is 13.2. The fraction of sp³-hybridized carbons (Fsp3) is 0.545. The van der Waals surface area contributed by atoms with Gasteiger partial charge in [0, 0.05) is 18.0 Å². The van der Waals surface area contributed by atoms with Gasteiger partial charge in [-0.05, 0) is 58.6 Å². The predicted octanol–water partition coefficient (Wildman–Crippen LogP) is 3.89. The average Bonchev–Trinajstić information content (AvgIpc) is 3.39. The molecule has 0 spiro atoms. The summed E-state index contributed by atoms with van der Waals surface area (Å²) in [5.41, 5.74) is 2.48. The molecule has 1 aromatic carbocycles. The number of aromatic nitrogens is 2. The zero-order valence-electron chi connectivity index (χ0n) is 17.9. The molecular formula is C22H31N3O3S. The molecule has 0 unspecified atom stereocenters. The van der Waals surface area contributed by atoms with Crippen molar-refractivity contribution in [3.05, 3.63) is 47.3 Å². The van der Waals surface area contributed by atoms with Crippen molar-refractivity contribution in [2.24, 2.45) is 5.92 Å². The van der Waals surface area contributed by atoms with Crippen LogP contribution in [0.1, 0.15) is 63.4 Å². The summed E-state index contributed by atoms with van der Waals surface area (Å²) in [5.74, 6) is 0.190. The van der Waals surface area contributed by atoms with E-state index in [-0.39, 0.29) is 34.8 Å². The summed E-state index contributed by atoms with van der Waals surface area (Å²) < 4.78 is 28.2. The maximum Gasteiger partial charge on any atom is 0.228 e. The van der Waals surface area contributed by atoms with Crippen LogP contribution in [0.3, 0.4) is 0 Å². The smallest absolute Gasteiger partial charge is 0.228 e. The Kier molecular flexibility index (Phi) is 6.17. The lowest BCUT2D eigenvalue weighted by molar-refractivity contribution is -0.135. The third-order valence-electron chi connectivity index (χ3n) is 5.41. The van der Waals surface area contributed by atoms with Gasteiger partial charge in [0.25, 0.3) is 0 Å². The monoisotopic (exact) mass is 417 g/mol. The van der Waals surface area contributed by atoms with Crippen molar-refractivity contribution in [3.8, 4) is 0 Å². The molecule has 1 amide bonds. The first-order valence-corrected chi connectivity index (χ1v) is 11.9. The van der Waals surface area contributed by atoms with E-state index in [2.05, 4.69) is 4.98 Å². The quantitative estimate of drug-likeness (QED) is 0.653.